The lowest BCUT2D eigenvalue weighted by Gasteiger charge is -2.49. The molecule has 15 heteroatoms. The van der Waals surface area contributed by atoms with Crippen LogP contribution in [0, 0.1) is 22.7 Å². The third kappa shape index (κ3) is 7.03. The lowest BCUT2D eigenvalue weighted by atomic mass is 9.62. The topological polar surface area (TPSA) is 185 Å². The van der Waals surface area contributed by atoms with Gasteiger partial charge in [-0.3, -0.25) is 19.2 Å². The second-order valence-corrected chi connectivity index (χ2v) is 18.1. The number of hydroxylamine groups is 2. The van der Waals surface area contributed by atoms with E-state index < -0.39 is 101 Å². The van der Waals surface area contributed by atoms with Crippen LogP contribution in [-0.2, 0) is 63.8 Å². The molecule has 3 saturated carbocycles. The number of hydrogen-bond donors (Lipinski definition) is 2. The molecular formula is C41H52N2O13. The van der Waals surface area contributed by atoms with Crippen molar-refractivity contribution in [1.82, 2.24) is 10.4 Å². The summed E-state index contributed by atoms with van der Waals surface area (Å²) in [5, 5.41) is 14.8. The Morgan fingerprint density at radius 2 is 1.73 bits per heavy atom. The van der Waals surface area contributed by atoms with Crippen molar-refractivity contribution in [3.63, 3.8) is 0 Å². The Morgan fingerprint density at radius 1 is 1.04 bits per heavy atom. The Morgan fingerprint density at radius 3 is 2.38 bits per heavy atom. The quantitative estimate of drug-likeness (QED) is 0.169. The summed E-state index contributed by atoms with van der Waals surface area (Å²) in [6, 6.07) is 5.19. The van der Waals surface area contributed by atoms with Crippen molar-refractivity contribution < 1.29 is 62.3 Å². The number of nitrogens with zero attached hydrogens (tertiary/aromatic N) is 1. The summed E-state index contributed by atoms with van der Waals surface area (Å²) in [5.41, 5.74) is -1.58. The van der Waals surface area contributed by atoms with Crippen LogP contribution >= 0.6 is 0 Å². The summed E-state index contributed by atoms with van der Waals surface area (Å²) >= 11 is 0. The number of carbonyl (C=O) groups excluding carboxylic acids is 5. The van der Waals surface area contributed by atoms with Gasteiger partial charge in [-0.05, 0) is 70.1 Å². The van der Waals surface area contributed by atoms with Gasteiger partial charge in [-0.2, -0.15) is 5.06 Å². The van der Waals surface area contributed by atoms with Gasteiger partial charge in [-0.15, -0.1) is 0 Å². The number of nitrogens with one attached hydrogen (secondary N) is 1. The molecule has 1 aromatic carbocycles. The van der Waals surface area contributed by atoms with E-state index in [1.165, 1.54) is 11.1 Å². The number of amides is 1. The van der Waals surface area contributed by atoms with Crippen molar-refractivity contribution >= 4 is 35.9 Å². The summed E-state index contributed by atoms with van der Waals surface area (Å²) < 4.78 is 35.9. The van der Waals surface area contributed by atoms with Crippen molar-refractivity contribution in [3.8, 4) is 0 Å². The highest BCUT2D eigenvalue weighted by molar-refractivity contribution is 5.94. The van der Waals surface area contributed by atoms with E-state index in [0.29, 0.717) is 11.1 Å². The monoisotopic (exact) mass is 780 g/mol. The summed E-state index contributed by atoms with van der Waals surface area (Å²) in [4.78, 5) is 73.5. The van der Waals surface area contributed by atoms with Gasteiger partial charge >= 0.3 is 23.9 Å². The number of ether oxygens (including phenoxy) is 6. The van der Waals surface area contributed by atoms with Gasteiger partial charge in [0, 0.05) is 36.2 Å². The highest BCUT2D eigenvalue weighted by Gasteiger charge is 2.78. The molecule has 304 valence electrons. The Bertz CT molecular complexity index is 1780. The number of hydrogen-bond acceptors (Lipinski definition) is 14. The number of carbonyl (C=O) groups is 5. The lowest BCUT2D eigenvalue weighted by molar-refractivity contribution is -0.235. The van der Waals surface area contributed by atoms with Gasteiger partial charge in [0.2, 0.25) is 12.0 Å². The van der Waals surface area contributed by atoms with E-state index in [-0.39, 0.29) is 44.2 Å². The van der Waals surface area contributed by atoms with Gasteiger partial charge in [0.1, 0.15) is 42.0 Å². The van der Waals surface area contributed by atoms with E-state index in [2.05, 4.69) is 5.32 Å². The number of benzene rings is 1. The predicted octanol–water partition coefficient (Wildman–Crippen LogP) is 2.89. The molecule has 8 atom stereocenters. The number of fused-ring (bicyclic) bond motifs is 4. The Labute approximate surface area is 325 Å². The van der Waals surface area contributed by atoms with E-state index in [0.717, 1.165) is 25.7 Å². The first-order chi connectivity index (χ1) is 26.5. The molecule has 2 bridgehead atoms. The molecule has 4 heterocycles. The molecular weight excluding hydrogens is 728 g/mol. The van der Waals surface area contributed by atoms with Crippen molar-refractivity contribution in [2.45, 2.75) is 140 Å². The fraction of sp³-hybridized carbons (Fsp3) is 0.683. The second kappa shape index (κ2) is 14.2. The molecule has 0 aromatic heterocycles. The fourth-order valence-corrected chi connectivity index (χ4v) is 9.14. The first-order valence-electron chi connectivity index (χ1n) is 19.8. The van der Waals surface area contributed by atoms with E-state index in [1.54, 1.807) is 52.8 Å². The summed E-state index contributed by atoms with van der Waals surface area (Å²) in [6.45, 7) is 8.58. The zero-order valence-corrected chi connectivity index (χ0v) is 32.5. The summed E-state index contributed by atoms with van der Waals surface area (Å²) in [5.74, 6) is -3.35. The maximum absolute atomic E-state index is 14.8. The number of aliphatic hydroxyl groups excluding tert-OH is 1. The van der Waals surface area contributed by atoms with Crippen LogP contribution in [0.4, 0.5) is 0 Å². The van der Waals surface area contributed by atoms with Crippen LogP contribution in [0.1, 0.15) is 90.7 Å². The maximum Gasteiger partial charge on any atom is 0.348 e. The third-order valence-corrected chi connectivity index (χ3v) is 12.1. The standard InChI is InChI=1S/C41H52N2O13/c1-38(2,3)53-29(46)17-15-26(20-44)42-37(49)40-18-27-30-31(55-41(54-30,24-11-12-24)25-13-14-25)33(40)56-43(32(40)35(47)51-27)19-23-9-7-6-8-22(23)10-16-28(45)52-34-36(48)50-21-39(34,4)5/h6-10,16,24-27,30-34,44H,11-15,17-21H2,1-5H3,(H,42,49)/t26-,27+,30-,31-,32-,33+,34-,40-/m0/s1. The van der Waals surface area contributed by atoms with E-state index in [4.69, 9.17) is 33.3 Å². The van der Waals surface area contributed by atoms with Gasteiger partial charge in [-0.25, -0.2) is 9.59 Å². The molecule has 4 aliphatic heterocycles. The van der Waals surface area contributed by atoms with Crippen LogP contribution in [0.3, 0.4) is 0 Å². The molecule has 56 heavy (non-hydrogen) atoms. The molecule has 4 saturated heterocycles. The largest absolute Gasteiger partial charge is 0.462 e. The van der Waals surface area contributed by atoms with Crippen LogP contribution in [-0.4, -0.2) is 107 Å². The second-order valence-electron chi connectivity index (χ2n) is 18.1. The van der Waals surface area contributed by atoms with Crippen molar-refractivity contribution in [3.05, 3.63) is 41.5 Å². The van der Waals surface area contributed by atoms with Crippen molar-refractivity contribution in [2.24, 2.45) is 22.7 Å². The Hall–Kier alpha value is -3.89. The molecule has 8 rings (SSSR count). The average Bonchev–Trinajstić information content (AvgIpc) is 4.08. The number of aliphatic hydroxyl groups is 1. The summed E-state index contributed by atoms with van der Waals surface area (Å²) in [7, 11) is 0. The maximum atomic E-state index is 14.8. The molecule has 1 aromatic rings. The third-order valence-electron chi connectivity index (χ3n) is 12.1. The van der Waals surface area contributed by atoms with Gasteiger partial charge < -0.3 is 38.8 Å². The molecule has 15 nitrogen and oxygen atoms in total. The van der Waals surface area contributed by atoms with Crippen molar-refractivity contribution in [2.75, 3.05) is 13.2 Å². The molecule has 1 amide bonds. The van der Waals surface area contributed by atoms with E-state index in [1.807, 2.05) is 12.1 Å². The fourth-order valence-electron chi connectivity index (χ4n) is 9.14. The van der Waals surface area contributed by atoms with E-state index in [9.17, 15) is 29.1 Å². The van der Waals surface area contributed by atoms with Crippen LogP contribution in [0.2, 0.25) is 0 Å². The lowest BCUT2D eigenvalue weighted by Crippen LogP contribution is -2.70. The predicted molar refractivity (Wildman–Crippen MR) is 193 cm³/mol. The van der Waals surface area contributed by atoms with Gasteiger partial charge in [0.15, 0.2) is 11.8 Å². The van der Waals surface area contributed by atoms with Gasteiger partial charge in [-0.1, -0.05) is 38.1 Å². The average molecular weight is 781 g/mol. The van der Waals surface area contributed by atoms with Crippen LogP contribution in [0.15, 0.2) is 30.3 Å². The molecule has 0 unspecified atom stereocenters. The SMILES string of the molecule is CC(C)(C)OC(=O)CC[C@@H](CO)NC(=O)[C@@]12C[C@H]3OC(=O)[C@@H]1N(Cc1ccccc1C=CC(=O)O[C@H]1C(=O)OCC1(C)C)O[C@@H]2[C@H]1OC(C2CC2)(C2CC2)O[C@H]13. The first-order valence-corrected chi connectivity index (χ1v) is 19.8. The first kappa shape index (κ1) is 39.0. The van der Waals surface area contributed by atoms with Gasteiger partial charge in [0.05, 0.1) is 19.2 Å². The zero-order chi connectivity index (χ0) is 39.8. The molecule has 0 spiro atoms. The molecule has 7 fully saturated rings. The smallest absolute Gasteiger partial charge is 0.348 e. The number of cyclic esters (lactones) is 1. The molecule has 0 radical (unpaired) electrons. The van der Waals surface area contributed by atoms with Gasteiger partial charge in [0.25, 0.3) is 0 Å². The molecule has 3 aliphatic carbocycles. The van der Waals surface area contributed by atoms with Crippen molar-refractivity contribution in [1.29, 1.82) is 0 Å². The normalized spacial score (nSPS) is 33.4. The molecule has 2 N–H and O–H groups in total. The highest BCUT2D eigenvalue weighted by atomic mass is 16.8. The number of esters is 4. The van der Waals surface area contributed by atoms with Crippen LogP contribution in [0.25, 0.3) is 6.08 Å². The highest BCUT2D eigenvalue weighted by Crippen LogP contribution is 2.64. The Kier molecular flexibility index (Phi) is 9.87. The zero-order valence-electron chi connectivity index (χ0n) is 32.5. The minimum atomic E-state index is -1.50. The van der Waals surface area contributed by atoms with Crippen LogP contribution in [0.5, 0.6) is 0 Å². The Balaban J connectivity index is 1.07. The van der Waals surface area contributed by atoms with E-state index >= 15 is 0 Å². The minimum absolute atomic E-state index is 0.0181. The van der Waals surface area contributed by atoms with Crippen LogP contribution < -0.4 is 5.32 Å². The minimum Gasteiger partial charge on any atom is -0.462 e. The number of rotatable bonds is 13. The molecule has 7 aliphatic rings. The summed E-state index contributed by atoms with van der Waals surface area (Å²) in [6.07, 6.45) is 2.69.